The minimum Gasteiger partial charge on any atom is -0.480 e. The molecule has 1 rings (SSSR count). The molecule has 0 aliphatic heterocycles. The number of esters is 1. The molecule has 1 aromatic rings. The zero-order valence-electron chi connectivity index (χ0n) is 11.9. The topological polar surface area (TPSA) is 104 Å². The van der Waals surface area contributed by atoms with Crippen LogP contribution in [0.1, 0.15) is 26.0 Å². The van der Waals surface area contributed by atoms with Crippen LogP contribution in [0.4, 0.5) is 0 Å². The predicted octanol–water partition coefficient (Wildman–Crippen LogP) is 0.583. The number of carbonyl (C=O) groups excluding carboxylic acids is 1. The Morgan fingerprint density at radius 3 is 2.60 bits per heavy atom. The summed E-state index contributed by atoms with van der Waals surface area (Å²) in [5.41, 5.74) is 0.738. The van der Waals surface area contributed by atoms with Gasteiger partial charge in [-0.05, 0) is 12.3 Å². The second kappa shape index (κ2) is 7.64. The number of rotatable bonds is 8. The number of carboxylic acid groups (broad SMARTS) is 1. The molecular formula is C13H21N3O4. The number of methoxy groups -OCH3 is 1. The Morgan fingerprint density at radius 1 is 1.45 bits per heavy atom. The zero-order chi connectivity index (χ0) is 15.1. The SMILES string of the molecule is COC(=O)C(Cc1cnc[nH]1)NC(CC(C)C)C(=O)O. The molecule has 20 heavy (non-hydrogen) atoms. The Hall–Kier alpha value is -1.89. The molecule has 7 heteroatoms. The number of aliphatic carboxylic acids is 1. The summed E-state index contributed by atoms with van der Waals surface area (Å²) in [6.07, 6.45) is 3.84. The van der Waals surface area contributed by atoms with Crippen LogP contribution in [-0.4, -0.2) is 46.2 Å². The van der Waals surface area contributed by atoms with E-state index in [4.69, 9.17) is 4.74 Å². The van der Waals surface area contributed by atoms with Crippen molar-refractivity contribution in [2.24, 2.45) is 5.92 Å². The highest BCUT2D eigenvalue weighted by molar-refractivity contribution is 5.78. The lowest BCUT2D eigenvalue weighted by Crippen LogP contribution is -2.49. The highest BCUT2D eigenvalue weighted by Crippen LogP contribution is 2.08. The molecule has 0 bridgehead atoms. The summed E-state index contributed by atoms with van der Waals surface area (Å²) >= 11 is 0. The van der Waals surface area contributed by atoms with E-state index in [-0.39, 0.29) is 5.92 Å². The summed E-state index contributed by atoms with van der Waals surface area (Å²) in [6, 6.07) is -1.51. The van der Waals surface area contributed by atoms with E-state index < -0.39 is 24.0 Å². The van der Waals surface area contributed by atoms with Crippen LogP contribution in [0.2, 0.25) is 0 Å². The number of nitrogens with zero attached hydrogens (tertiary/aromatic N) is 1. The summed E-state index contributed by atoms with van der Waals surface area (Å²) < 4.78 is 4.72. The molecule has 7 nitrogen and oxygen atoms in total. The van der Waals surface area contributed by atoms with Crippen LogP contribution in [0.15, 0.2) is 12.5 Å². The van der Waals surface area contributed by atoms with Gasteiger partial charge in [-0.15, -0.1) is 0 Å². The van der Waals surface area contributed by atoms with E-state index in [0.717, 1.165) is 5.69 Å². The number of H-pyrrole nitrogens is 1. The maximum atomic E-state index is 11.8. The van der Waals surface area contributed by atoms with E-state index >= 15 is 0 Å². The molecule has 0 fully saturated rings. The number of imidazole rings is 1. The Morgan fingerprint density at radius 2 is 2.15 bits per heavy atom. The number of aromatic nitrogens is 2. The lowest BCUT2D eigenvalue weighted by atomic mass is 10.0. The fourth-order valence-corrected chi connectivity index (χ4v) is 1.92. The standard InChI is InChI=1S/C13H21N3O4/c1-8(2)4-10(12(17)18)16-11(13(19)20-3)5-9-6-14-7-15-9/h6-8,10-11,16H,4-5H2,1-3H3,(H,14,15)(H,17,18). The van der Waals surface area contributed by atoms with Crippen LogP contribution < -0.4 is 5.32 Å². The van der Waals surface area contributed by atoms with Crippen molar-refractivity contribution in [2.45, 2.75) is 38.8 Å². The highest BCUT2D eigenvalue weighted by atomic mass is 16.5. The molecular weight excluding hydrogens is 262 g/mol. The molecule has 0 saturated heterocycles. The van der Waals surface area contributed by atoms with Gasteiger partial charge in [-0.2, -0.15) is 0 Å². The first-order chi connectivity index (χ1) is 9.43. The molecule has 2 atom stereocenters. The quantitative estimate of drug-likeness (QED) is 0.603. The number of carboxylic acids is 1. The van der Waals surface area contributed by atoms with E-state index in [2.05, 4.69) is 15.3 Å². The average Bonchev–Trinajstić information content (AvgIpc) is 2.88. The molecule has 1 aromatic heterocycles. The lowest BCUT2D eigenvalue weighted by molar-refractivity contribution is -0.145. The van der Waals surface area contributed by atoms with Crippen molar-refractivity contribution in [3.05, 3.63) is 18.2 Å². The zero-order valence-corrected chi connectivity index (χ0v) is 11.9. The van der Waals surface area contributed by atoms with Crippen molar-refractivity contribution in [3.63, 3.8) is 0 Å². The van der Waals surface area contributed by atoms with Gasteiger partial charge in [-0.25, -0.2) is 4.98 Å². The van der Waals surface area contributed by atoms with Gasteiger partial charge < -0.3 is 14.8 Å². The summed E-state index contributed by atoms with van der Waals surface area (Å²) in [4.78, 5) is 29.8. The van der Waals surface area contributed by atoms with E-state index in [0.29, 0.717) is 12.8 Å². The van der Waals surface area contributed by atoms with E-state index in [1.807, 2.05) is 13.8 Å². The third kappa shape index (κ3) is 5.00. The monoisotopic (exact) mass is 283 g/mol. The minimum absolute atomic E-state index is 0.203. The molecule has 0 radical (unpaired) electrons. The second-order valence-electron chi connectivity index (χ2n) is 5.04. The third-order valence-corrected chi connectivity index (χ3v) is 2.87. The Balaban J connectivity index is 2.76. The Kier molecular flexibility index (Phi) is 6.17. The van der Waals surface area contributed by atoms with Crippen LogP contribution in [0.25, 0.3) is 0 Å². The van der Waals surface area contributed by atoms with Crippen LogP contribution in [0.5, 0.6) is 0 Å². The molecule has 3 N–H and O–H groups in total. The molecule has 1 heterocycles. The van der Waals surface area contributed by atoms with Gasteiger partial charge in [0.2, 0.25) is 0 Å². The van der Waals surface area contributed by atoms with Gasteiger partial charge >= 0.3 is 11.9 Å². The Labute approximate surface area is 117 Å². The summed E-state index contributed by atoms with van der Waals surface area (Å²) in [7, 11) is 1.28. The average molecular weight is 283 g/mol. The number of aromatic amines is 1. The maximum Gasteiger partial charge on any atom is 0.323 e. The van der Waals surface area contributed by atoms with Gasteiger partial charge in [0.1, 0.15) is 12.1 Å². The number of carbonyl (C=O) groups is 2. The fourth-order valence-electron chi connectivity index (χ4n) is 1.92. The van der Waals surface area contributed by atoms with Gasteiger partial charge in [-0.3, -0.25) is 14.9 Å². The van der Waals surface area contributed by atoms with Crippen LogP contribution >= 0.6 is 0 Å². The second-order valence-corrected chi connectivity index (χ2v) is 5.04. The third-order valence-electron chi connectivity index (χ3n) is 2.87. The first-order valence-corrected chi connectivity index (χ1v) is 6.48. The molecule has 0 aliphatic rings. The summed E-state index contributed by atoms with van der Waals surface area (Å²) in [5.74, 6) is -1.26. The summed E-state index contributed by atoms with van der Waals surface area (Å²) in [6.45, 7) is 3.86. The normalized spacial score (nSPS) is 14.0. The fraction of sp³-hybridized carbons (Fsp3) is 0.615. The summed E-state index contributed by atoms with van der Waals surface area (Å²) in [5, 5.41) is 12.1. The van der Waals surface area contributed by atoms with Crippen LogP contribution in [0.3, 0.4) is 0 Å². The number of ether oxygens (including phenoxy) is 1. The number of hydrogen-bond donors (Lipinski definition) is 3. The largest absolute Gasteiger partial charge is 0.480 e. The highest BCUT2D eigenvalue weighted by Gasteiger charge is 2.27. The van der Waals surface area contributed by atoms with E-state index in [1.165, 1.54) is 13.4 Å². The predicted molar refractivity (Wildman–Crippen MR) is 72.1 cm³/mol. The minimum atomic E-state index is -0.975. The van der Waals surface area contributed by atoms with Gasteiger partial charge in [0.05, 0.1) is 13.4 Å². The first-order valence-electron chi connectivity index (χ1n) is 6.48. The van der Waals surface area contributed by atoms with Gasteiger partial charge in [0.25, 0.3) is 0 Å². The molecule has 0 spiro atoms. The smallest absolute Gasteiger partial charge is 0.323 e. The number of nitrogens with one attached hydrogen (secondary N) is 2. The molecule has 112 valence electrons. The number of hydrogen-bond acceptors (Lipinski definition) is 5. The van der Waals surface area contributed by atoms with Crippen molar-refractivity contribution in [2.75, 3.05) is 7.11 Å². The van der Waals surface area contributed by atoms with Gasteiger partial charge in [0.15, 0.2) is 0 Å². The first kappa shape index (κ1) is 16.2. The van der Waals surface area contributed by atoms with Crippen LogP contribution in [0, 0.1) is 5.92 Å². The Bertz CT molecular complexity index is 431. The van der Waals surface area contributed by atoms with E-state index in [1.54, 1.807) is 6.20 Å². The van der Waals surface area contributed by atoms with Crippen molar-refractivity contribution in [1.29, 1.82) is 0 Å². The maximum absolute atomic E-state index is 11.8. The molecule has 0 saturated carbocycles. The van der Waals surface area contributed by atoms with Crippen molar-refractivity contribution < 1.29 is 19.4 Å². The van der Waals surface area contributed by atoms with E-state index in [9.17, 15) is 14.7 Å². The van der Waals surface area contributed by atoms with Crippen molar-refractivity contribution in [3.8, 4) is 0 Å². The lowest BCUT2D eigenvalue weighted by Gasteiger charge is -2.22. The molecule has 0 amide bonds. The van der Waals surface area contributed by atoms with Crippen LogP contribution in [-0.2, 0) is 20.7 Å². The van der Waals surface area contributed by atoms with Crippen molar-refractivity contribution >= 4 is 11.9 Å². The molecule has 0 aromatic carbocycles. The van der Waals surface area contributed by atoms with Gasteiger partial charge in [-0.1, -0.05) is 13.8 Å². The molecule has 0 aliphatic carbocycles. The molecule has 2 unspecified atom stereocenters. The van der Waals surface area contributed by atoms with Gasteiger partial charge in [0, 0.05) is 18.3 Å². The van der Waals surface area contributed by atoms with Crippen molar-refractivity contribution in [1.82, 2.24) is 15.3 Å².